The van der Waals surface area contributed by atoms with Crippen LogP contribution in [0, 0.1) is 6.92 Å². The number of carbonyl (C=O) groups is 1. The minimum Gasteiger partial charge on any atom is -0.361 e. The molecule has 0 atom stereocenters. The number of amides is 1. The van der Waals surface area contributed by atoms with Gasteiger partial charge in [0.05, 0.1) is 0 Å². The molecule has 1 heterocycles. The summed E-state index contributed by atoms with van der Waals surface area (Å²) in [5, 5.41) is 4.23. The molecule has 0 fully saturated rings. The molecule has 0 aliphatic rings. The van der Waals surface area contributed by atoms with E-state index in [0.717, 1.165) is 34.1 Å². The second kappa shape index (κ2) is 7.01. The highest BCUT2D eigenvalue weighted by atomic mass is 79.9. The summed E-state index contributed by atoms with van der Waals surface area (Å²) in [5.74, 6) is 0.0651. The molecule has 1 aromatic heterocycles. The Morgan fingerprint density at radius 1 is 1.22 bits per heavy atom. The maximum atomic E-state index is 12.1. The van der Waals surface area contributed by atoms with Crippen LogP contribution >= 0.6 is 15.9 Å². The van der Waals surface area contributed by atoms with Crippen LogP contribution < -0.4 is 5.32 Å². The zero-order chi connectivity index (χ0) is 16.2. The van der Waals surface area contributed by atoms with Crippen molar-refractivity contribution in [3.8, 4) is 0 Å². The molecule has 118 valence electrons. The fourth-order valence-electron chi connectivity index (χ4n) is 2.76. The van der Waals surface area contributed by atoms with Gasteiger partial charge in [-0.1, -0.05) is 34.1 Å². The lowest BCUT2D eigenvalue weighted by atomic mass is 10.1. The van der Waals surface area contributed by atoms with Gasteiger partial charge in [-0.05, 0) is 55.2 Å². The average Bonchev–Trinajstić information content (AvgIpc) is 2.94. The topological polar surface area (TPSA) is 44.9 Å². The minimum absolute atomic E-state index is 0.0651. The molecule has 3 rings (SSSR count). The van der Waals surface area contributed by atoms with E-state index in [4.69, 9.17) is 0 Å². The van der Waals surface area contributed by atoms with E-state index in [9.17, 15) is 4.79 Å². The zero-order valence-electron chi connectivity index (χ0n) is 13.0. The molecule has 3 nitrogen and oxygen atoms in total. The number of aromatic amines is 1. The largest absolute Gasteiger partial charge is 0.361 e. The van der Waals surface area contributed by atoms with E-state index in [-0.39, 0.29) is 5.91 Å². The van der Waals surface area contributed by atoms with Gasteiger partial charge < -0.3 is 10.3 Å². The maximum absolute atomic E-state index is 12.1. The molecule has 1 amide bonds. The highest BCUT2D eigenvalue weighted by Crippen LogP contribution is 2.21. The summed E-state index contributed by atoms with van der Waals surface area (Å²) in [4.78, 5) is 15.4. The summed E-state index contributed by atoms with van der Waals surface area (Å²) >= 11 is 3.43. The van der Waals surface area contributed by atoms with Gasteiger partial charge in [0.2, 0.25) is 5.91 Å². The number of H-pyrrole nitrogens is 1. The average molecular weight is 371 g/mol. The molecule has 0 spiro atoms. The molecule has 3 aromatic rings. The summed E-state index contributed by atoms with van der Waals surface area (Å²) in [7, 11) is 0. The summed E-state index contributed by atoms with van der Waals surface area (Å²) in [6, 6.07) is 14.1. The highest BCUT2D eigenvalue weighted by Gasteiger charge is 2.07. The van der Waals surface area contributed by atoms with Crippen LogP contribution in [-0.2, 0) is 11.2 Å². The Hall–Kier alpha value is -2.07. The van der Waals surface area contributed by atoms with Gasteiger partial charge in [0.15, 0.2) is 0 Å². The third-order valence-electron chi connectivity index (χ3n) is 3.99. The van der Waals surface area contributed by atoms with Crippen LogP contribution in [0.4, 0.5) is 5.69 Å². The summed E-state index contributed by atoms with van der Waals surface area (Å²) in [6.07, 6.45) is 4.30. The van der Waals surface area contributed by atoms with Gasteiger partial charge >= 0.3 is 0 Å². The predicted octanol–water partition coefficient (Wildman–Crippen LogP) is 5.20. The highest BCUT2D eigenvalue weighted by molar-refractivity contribution is 9.10. The number of benzene rings is 2. The molecule has 2 aromatic carbocycles. The van der Waals surface area contributed by atoms with Crippen LogP contribution in [0.1, 0.15) is 24.0 Å². The molecule has 4 heteroatoms. The third kappa shape index (κ3) is 3.82. The maximum Gasteiger partial charge on any atom is 0.224 e. The van der Waals surface area contributed by atoms with Gasteiger partial charge in [-0.15, -0.1) is 0 Å². The second-order valence-electron chi connectivity index (χ2n) is 5.72. The molecule has 0 saturated heterocycles. The normalized spacial score (nSPS) is 10.9. The molecular formula is C19H19BrN2O. The molecule has 2 N–H and O–H groups in total. The lowest BCUT2D eigenvalue weighted by Crippen LogP contribution is -2.12. The van der Waals surface area contributed by atoms with Crippen molar-refractivity contribution >= 4 is 38.4 Å². The smallest absolute Gasteiger partial charge is 0.224 e. The number of para-hydroxylation sites is 1. The Bertz CT molecular complexity index is 838. The lowest BCUT2D eigenvalue weighted by molar-refractivity contribution is -0.116. The van der Waals surface area contributed by atoms with Gasteiger partial charge in [0.1, 0.15) is 0 Å². The number of nitrogens with one attached hydrogen (secondary N) is 2. The van der Waals surface area contributed by atoms with Gasteiger partial charge in [-0.2, -0.15) is 0 Å². The first-order valence-corrected chi connectivity index (χ1v) is 8.54. The number of hydrogen-bond acceptors (Lipinski definition) is 1. The molecule has 0 aliphatic heterocycles. The first kappa shape index (κ1) is 15.8. The van der Waals surface area contributed by atoms with Crippen molar-refractivity contribution < 1.29 is 4.79 Å². The number of fused-ring (bicyclic) bond motifs is 1. The van der Waals surface area contributed by atoms with Crippen molar-refractivity contribution in [3.05, 3.63) is 64.3 Å². The first-order valence-electron chi connectivity index (χ1n) is 7.74. The first-order chi connectivity index (χ1) is 11.1. The van der Waals surface area contributed by atoms with E-state index < -0.39 is 0 Å². The predicted molar refractivity (Wildman–Crippen MR) is 98.7 cm³/mol. The fraction of sp³-hybridized carbons (Fsp3) is 0.211. The third-order valence-corrected chi connectivity index (χ3v) is 4.48. The standard InChI is InChI=1S/C19H19BrN2O/c1-13-11-15(20)9-10-17(13)22-19(23)8-4-5-14-12-21-18-7-3-2-6-16(14)18/h2-3,6-7,9-12,21H,4-5,8H2,1H3,(H,22,23). The van der Waals surface area contributed by atoms with Crippen LogP contribution in [0.15, 0.2) is 53.1 Å². The molecule has 23 heavy (non-hydrogen) atoms. The minimum atomic E-state index is 0.0651. The van der Waals surface area contributed by atoms with Crippen molar-refractivity contribution in [2.45, 2.75) is 26.2 Å². The quantitative estimate of drug-likeness (QED) is 0.636. The monoisotopic (exact) mass is 370 g/mol. The molecule has 0 unspecified atom stereocenters. The van der Waals surface area contributed by atoms with Gasteiger partial charge in [-0.3, -0.25) is 4.79 Å². The SMILES string of the molecule is Cc1cc(Br)ccc1NC(=O)CCCc1c[nH]c2ccccc12. The van der Waals surface area contributed by atoms with E-state index in [0.29, 0.717) is 6.42 Å². The van der Waals surface area contributed by atoms with Gasteiger partial charge in [0, 0.05) is 33.7 Å². The fourth-order valence-corrected chi connectivity index (χ4v) is 3.23. The lowest BCUT2D eigenvalue weighted by Gasteiger charge is -2.08. The number of aryl methyl sites for hydroxylation is 2. The second-order valence-corrected chi connectivity index (χ2v) is 6.64. The van der Waals surface area contributed by atoms with E-state index in [1.807, 2.05) is 43.5 Å². The van der Waals surface area contributed by atoms with Crippen molar-refractivity contribution in [3.63, 3.8) is 0 Å². The molecule has 0 bridgehead atoms. The van der Waals surface area contributed by atoms with Crippen LogP contribution in [0.3, 0.4) is 0 Å². The van der Waals surface area contributed by atoms with Crippen LogP contribution in [0.25, 0.3) is 10.9 Å². The molecule has 0 aliphatic carbocycles. The van der Waals surface area contributed by atoms with Crippen LogP contribution in [0.5, 0.6) is 0 Å². The number of hydrogen-bond donors (Lipinski definition) is 2. The molecule has 0 saturated carbocycles. The van der Waals surface area contributed by atoms with Crippen molar-refractivity contribution in [2.24, 2.45) is 0 Å². The summed E-state index contributed by atoms with van der Waals surface area (Å²) in [6.45, 7) is 1.99. The zero-order valence-corrected chi connectivity index (χ0v) is 14.6. The molecular weight excluding hydrogens is 352 g/mol. The van der Waals surface area contributed by atoms with Crippen molar-refractivity contribution in [1.82, 2.24) is 4.98 Å². The number of halogens is 1. The Morgan fingerprint density at radius 3 is 2.87 bits per heavy atom. The van der Waals surface area contributed by atoms with Gasteiger partial charge in [-0.25, -0.2) is 0 Å². The van der Waals surface area contributed by atoms with Crippen LogP contribution in [0.2, 0.25) is 0 Å². The number of aromatic nitrogens is 1. The van der Waals surface area contributed by atoms with E-state index in [2.05, 4.69) is 38.4 Å². The summed E-state index contributed by atoms with van der Waals surface area (Å²) < 4.78 is 1.02. The Labute approximate surface area is 144 Å². The number of rotatable bonds is 5. The van der Waals surface area contributed by atoms with E-state index >= 15 is 0 Å². The Morgan fingerprint density at radius 2 is 2.04 bits per heavy atom. The van der Waals surface area contributed by atoms with Crippen LogP contribution in [-0.4, -0.2) is 10.9 Å². The number of anilines is 1. The van der Waals surface area contributed by atoms with E-state index in [1.54, 1.807) is 0 Å². The van der Waals surface area contributed by atoms with Crippen molar-refractivity contribution in [1.29, 1.82) is 0 Å². The Balaban J connectivity index is 1.55. The van der Waals surface area contributed by atoms with Gasteiger partial charge in [0.25, 0.3) is 0 Å². The Kier molecular flexibility index (Phi) is 4.82. The molecule has 0 radical (unpaired) electrons. The summed E-state index contributed by atoms with van der Waals surface area (Å²) in [5.41, 5.74) is 4.36. The van der Waals surface area contributed by atoms with E-state index in [1.165, 1.54) is 10.9 Å². The van der Waals surface area contributed by atoms with Crippen molar-refractivity contribution in [2.75, 3.05) is 5.32 Å². The number of carbonyl (C=O) groups excluding carboxylic acids is 1.